The molecule has 1 saturated carbocycles. The number of aliphatic imine (C=N–C) groups is 2. The Labute approximate surface area is 222 Å². The number of rotatable bonds is 9. The summed E-state index contributed by atoms with van der Waals surface area (Å²) in [7, 11) is 0. The Morgan fingerprint density at radius 2 is 1.78 bits per heavy atom. The van der Waals surface area contributed by atoms with Gasteiger partial charge in [0.1, 0.15) is 5.82 Å². The molecule has 0 aliphatic heterocycles. The minimum Gasteiger partial charge on any atom is -0.382 e. The van der Waals surface area contributed by atoms with Crippen molar-refractivity contribution in [2.24, 2.45) is 9.98 Å². The lowest BCUT2D eigenvalue weighted by Gasteiger charge is -2.19. The quantitative estimate of drug-likeness (QED) is 0.268. The molecule has 2 aromatic rings. The van der Waals surface area contributed by atoms with Crippen LogP contribution in [0.2, 0.25) is 0 Å². The van der Waals surface area contributed by atoms with Gasteiger partial charge in [0.2, 0.25) is 0 Å². The molecule has 3 rings (SSSR count). The zero-order chi connectivity index (χ0) is 26.9. The van der Waals surface area contributed by atoms with E-state index >= 15 is 0 Å². The molecule has 4 nitrogen and oxygen atoms in total. The van der Waals surface area contributed by atoms with Crippen molar-refractivity contribution in [2.45, 2.75) is 79.7 Å². The molecule has 2 N–H and O–H groups in total. The van der Waals surface area contributed by atoms with E-state index < -0.39 is 0 Å². The van der Waals surface area contributed by atoms with E-state index in [2.05, 4.69) is 52.3 Å². The van der Waals surface area contributed by atoms with Crippen molar-refractivity contribution in [1.82, 2.24) is 5.32 Å². The number of hydrogen-bond donors (Lipinski definition) is 2. The number of benzene rings is 2. The van der Waals surface area contributed by atoms with Crippen molar-refractivity contribution >= 4 is 28.5 Å². The van der Waals surface area contributed by atoms with E-state index in [1.54, 1.807) is 19.3 Å². The van der Waals surface area contributed by atoms with Gasteiger partial charge in [-0.25, -0.2) is 9.38 Å². The maximum atomic E-state index is 14.8. The molecule has 0 unspecified atom stereocenters. The average molecular weight is 501 g/mol. The molecule has 0 bridgehead atoms. The summed E-state index contributed by atoms with van der Waals surface area (Å²) < 4.78 is 14.8. The smallest absolute Gasteiger partial charge is 0.151 e. The van der Waals surface area contributed by atoms with Crippen LogP contribution in [0, 0.1) is 19.7 Å². The lowest BCUT2D eigenvalue weighted by atomic mass is 10.0. The fourth-order valence-corrected chi connectivity index (χ4v) is 4.57. The molecular formula is C32H41FN4. The average Bonchev–Trinajstić information content (AvgIpc) is 3.41. The number of allylic oxidation sites excluding steroid dienone is 2. The predicted molar refractivity (Wildman–Crippen MR) is 159 cm³/mol. The normalized spacial score (nSPS) is 15.5. The first-order chi connectivity index (χ1) is 17.7. The molecule has 196 valence electrons. The van der Waals surface area contributed by atoms with Crippen LogP contribution in [-0.2, 0) is 6.42 Å². The molecule has 5 heteroatoms. The van der Waals surface area contributed by atoms with Crippen molar-refractivity contribution in [3.8, 4) is 0 Å². The van der Waals surface area contributed by atoms with Gasteiger partial charge in [0.05, 0.1) is 5.71 Å². The first-order valence-corrected chi connectivity index (χ1v) is 13.3. The van der Waals surface area contributed by atoms with Crippen molar-refractivity contribution in [3.05, 3.63) is 89.0 Å². The van der Waals surface area contributed by atoms with Gasteiger partial charge < -0.3 is 10.6 Å². The van der Waals surface area contributed by atoms with Crippen LogP contribution in [0.25, 0.3) is 11.3 Å². The van der Waals surface area contributed by atoms with Gasteiger partial charge in [-0.3, -0.25) is 4.99 Å². The summed E-state index contributed by atoms with van der Waals surface area (Å²) in [6.45, 7) is 15.9. The van der Waals surface area contributed by atoms with E-state index in [4.69, 9.17) is 0 Å². The summed E-state index contributed by atoms with van der Waals surface area (Å²) in [5, 5.41) is 7.06. The molecule has 2 aromatic carbocycles. The summed E-state index contributed by atoms with van der Waals surface area (Å²) >= 11 is 0. The first kappa shape index (κ1) is 28.1. The molecule has 0 aromatic heterocycles. The second-order valence-corrected chi connectivity index (χ2v) is 9.81. The fraction of sp³-hybridized carbons (Fsp3) is 0.375. The van der Waals surface area contributed by atoms with E-state index in [0.717, 1.165) is 34.5 Å². The number of halogens is 1. The molecule has 1 aliphatic carbocycles. The van der Waals surface area contributed by atoms with Crippen LogP contribution in [0.4, 0.5) is 10.1 Å². The highest BCUT2D eigenvalue weighted by molar-refractivity contribution is 6.45. The Morgan fingerprint density at radius 3 is 2.46 bits per heavy atom. The highest BCUT2D eigenvalue weighted by Gasteiger charge is 2.17. The third-order valence-electron chi connectivity index (χ3n) is 7.04. The maximum Gasteiger partial charge on any atom is 0.151 e. The summed E-state index contributed by atoms with van der Waals surface area (Å²) in [4.78, 5) is 9.20. The number of aryl methyl sites for hydroxylation is 2. The Bertz CT molecular complexity index is 1240. The van der Waals surface area contributed by atoms with Crippen molar-refractivity contribution in [1.29, 1.82) is 0 Å². The summed E-state index contributed by atoms with van der Waals surface area (Å²) in [5.74, 6) is 0.444. The largest absolute Gasteiger partial charge is 0.382 e. The molecule has 0 amide bonds. The van der Waals surface area contributed by atoms with Crippen molar-refractivity contribution in [2.75, 3.05) is 5.32 Å². The molecule has 0 atom stereocenters. The Morgan fingerprint density at radius 1 is 1.08 bits per heavy atom. The Kier molecular flexibility index (Phi) is 10.0. The van der Waals surface area contributed by atoms with Crippen LogP contribution < -0.4 is 10.6 Å². The SMILES string of the molecule is C=C(NC1CCCC1)c1ccc(NC(=N/C=C\C)C(C)=N/C=C(\C)c2ccc(C)c(C)c2F)cc1CC. The minimum absolute atomic E-state index is 0.196. The van der Waals surface area contributed by atoms with Crippen LogP contribution in [0.3, 0.4) is 0 Å². The third kappa shape index (κ3) is 7.28. The number of nitrogens with one attached hydrogen (secondary N) is 2. The highest BCUT2D eigenvalue weighted by atomic mass is 19.1. The predicted octanol–water partition coefficient (Wildman–Crippen LogP) is 8.37. The Hall–Kier alpha value is -3.47. The number of anilines is 1. The summed E-state index contributed by atoms with van der Waals surface area (Å²) in [6, 6.07) is 10.6. The third-order valence-corrected chi connectivity index (χ3v) is 7.04. The van der Waals surface area contributed by atoms with Gasteiger partial charge in [-0.05, 0) is 88.3 Å². The standard InChI is InChI=1S/C32H41FN4/c1-8-18-34-32(25(7)35-20-22(4)29-16-14-21(3)23(5)31(29)33)37-28-15-17-30(26(9-2)19-28)24(6)36-27-12-10-11-13-27/h8,14-20,27,36H,6,9-13H2,1-5,7H3,(H,34,37)/b18-8-,22-20+,35-25?. The van der Waals surface area contributed by atoms with Gasteiger partial charge in [-0.15, -0.1) is 0 Å². The lowest BCUT2D eigenvalue weighted by Crippen LogP contribution is -2.24. The minimum atomic E-state index is -0.196. The van der Waals surface area contributed by atoms with E-state index in [1.807, 2.05) is 45.9 Å². The topological polar surface area (TPSA) is 48.8 Å². The zero-order valence-corrected chi connectivity index (χ0v) is 23.2. The second-order valence-electron chi connectivity index (χ2n) is 9.81. The van der Waals surface area contributed by atoms with Crippen molar-refractivity contribution in [3.63, 3.8) is 0 Å². The van der Waals surface area contributed by atoms with Gasteiger partial charge in [-0.1, -0.05) is 50.6 Å². The second kappa shape index (κ2) is 13.2. The van der Waals surface area contributed by atoms with E-state index in [-0.39, 0.29) is 5.82 Å². The number of amidine groups is 1. The molecule has 0 radical (unpaired) electrons. The molecule has 1 fully saturated rings. The lowest BCUT2D eigenvalue weighted by molar-refractivity contribution is 0.613. The molecule has 0 heterocycles. The maximum absolute atomic E-state index is 14.8. The van der Waals surface area contributed by atoms with Crippen LogP contribution in [0.5, 0.6) is 0 Å². The molecular weight excluding hydrogens is 459 g/mol. The molecule has 37 heavy (non-hydrogen) atoms. The van der Waals surface area contributed by atoms with Gasteiger partial charge in [0.15, 0.2) is 5.84 Å². The summed E-state index contributed by atoms with van der Waals surface area (Å²) in [5.41, 5.74) is 7.95. The van der Waals surface area contributed by atoms with Crippen LogP contribution in [0.1, 0.15) is 81.2 Å². The van der Waals surface area contributed by atoms with Gasteiger partial charge in [0, 0.05) is 41.0 Å². The van der Waals surface area contributed by atoms with Gasteiger partial charge in [-0.2, -0.15) is 0 Å². The van der Waals surface area contributed by atoms with E-state index in [0.29, 0.717) is 28.7 Å². The van der Waals surface area contributed by atoms with E-state index in [9.17, 15) is 4.39 Å². The fourth-order valence-electron chi connectivity index (χ4n) is 4.57. The Balaban J connectivity index is 1.83. The van der Waals surface area contributed by atoms with Crippen molar-refractivity contribution < 1.29 is 4.39 Å². The highest BCUT2D eigenvalue weighted by Crippen LogP contribution is 2.26. The summed E-state index contributed by atoms with van der Waals surface area (Å²) in [6.07, 6.45) is 11.2. The van der Waals surface area contributed by atoms with Gasteiger partial charge >= 0.3 is 0 Å². The van der Waals surface area contributed by atoms with Gasteiger partial charge in [0.25, 0.3) is 0 Å². The number of nitrogens with zero attached hydrogens (tertiary/aromatic N) is 2. The number of hydrogen-bond acceptors (Lipinski definition) is 3. The van der Waals surface area contributed by atoms with Crippen LogP contribution >= 0.6 is 0 Å². The first-order valence-electron chi connectivity index (χ1n) is 13.3. The molecule has 1 aliphatic rings. The van der Waals surface area contributed by atoms with Crippen LogP contribution in [0.15, 0.2) is 65.4 Å². The molecule has 0 saturated heterocycles. The van der Waals surface area contributed by atoms with E-state index in [1.165, 1.54) is 31.2 Å². The van der Waals surface area contributed by atoms with Crippen LogP contribution in [-0.4, -0.2) is 17.6 Å². The molecule has 0 spiro atoms. The monoisotopic (exact) mass is 500 g/mol. The zero-order valence-electron chi connectivity index (χ0n) is 23.2.